The number of hydrogen-bond acceptors (Lipinski definition) is 5. The normalized spacial score (nSPS) is 12.8. The van der Waals surface area contributed by atoms with E-state index in [1.54, 1.807) is 0 Å². The molecule has 0 aromatic heterocycles. The Balaban J connectivity index is 2.35. The fourth-order valence-corrected chi connectivity index (χ4v) is 1.91. The van der Waals surface area contributed by atoms with E-state index in [9.17, 15) is 5.11 Å². The molecule has 0 heterocycles. The first-order valence-corrected chi connectivity index (χ1v) is 8.30. The Morgan fingerprint density at radius 2 is 1.83 bits per heavy atom. The van der Waals surface area contributed by atoms with E-state index in [0.717, 1.165) is 11.3 Å². The summed E-state index contributed by atoms with van der Waals surface area (Å²) in [6, 6.07) is 8.08. The van der Waals surface area contributed by atoms with Gasteiger partial charge in [-0.25, -0.2) is 0 Å². The Hall–Kier alpha value is -1.14. The average molecular weight is 325 g/mol. The summed E-state index contributed by atoms with van der Waals surface area (Å²) in [6.07, 6.45) is -0.319. The SMILES string of the molecule is CC(C)NCC(O)COc1ccccc1COCCOC(C)C. The molecular weight excluding hydrogens is 294 g/mol. The summed E-state index contributed by atoms with van der Waals surface area (Å²) in [6.45, 7) is 10.5. The van der Waals surface area contributed by atoms with E-state index in [1.165, 1.54) is 0 Å². The van der Waals surface area contributed by atoms with Gasteiger partial charge < -0.3 is 24.6 Å². The predicted octanol–water partition coefficient (Wildman–Crippen LogP) is 2.37. The highest BCUT2D eigenvalue weighted by Crippen LogP contribution is 2.19. The van der Waals surface area contributed by atoms with E-state index < -0.39 is 6.10 Å². The van der Waals surface area contributed by atoms with Gasteiger partial charge in [0.25, 0.3) is 0 Å². The van der Waals surface area contributed by atoms with Crippen LogP contribution in [0, 0.1) is 0 Å². The van der Waals surface area contributed by atoms with Gasteiger partial charge in [0, 0.05) is 18.2 Å². The molecule has 0 spiro atoms. The monoisotopic (exact) mass is 325 g/mol. The van der Waals surface area contributed by atoms with Crippen molar-refractivity contribution in [2.45, 2.75) is 52.6 Å². The van der Waals surface area contributed by atoms with Crippen LogP contribution in [0.3, 0.4) is 0 Å². The van der Waals surface area contributed by atoms with Crippen molar-refractivity contribution in [2.24, 2.45) is 0 Å². The Morgan fingerprint density at radius 1 is 1.09 bits per heavy atom. The van der Waals surface area contributed by atoms with E-state index in [2.05, 4.69) is 5.32 Å². The van der Waals surface area contributed by atoms with Crippen LogP contribution in [0.15, 0.2) is 24.3 Å². The molecule has 0 saturated carbocycles. The third kappa shape index (κ3) is 9.56. The Bertz CT molecular complexity index is 423. The lowest BCUT2D eigenvalue weighted by Gasteiger charge is -2.17. The molecule has 1 atom stereocenters. The number of benzene rings is 1. The van der Waals surface area contributed by atoms with Crippen LogP contribution in [-0.2, 0) is 16.1 Å². The van der Waals surface area contributed by atoms with Gasteiger partial charge in [-0.15, -0.1) is 0 Å². The molecule has 0 fully saturated rings. The zero-order valence-electron chi connectivity index (χ0n) is 14.7. The van der Waals surface area contributed by atoms with Gasteiger partial charge in [0.2, 0.25) is 0 Å². The van der Waals surface area contributed by atoms with Crippen molar-refractivity contribution in [3.05, 3.63) is 29.8 Å². The highest BCUT2D eigenvalue weighted by molar-refractivity contribution is 5.32. The molecule has 0 aliphatic carbocycles. The third-order valence-electron chi connectivity index (χ3n) is 3.10. The maximum Gasteiger partial charge on any atom is 0.124 e. The standard InChI is InChI=1S/C18H31NO4/c1-14(2)19-11-17(20)13-23-18-8-6-5-7-16(18)12-21-9-10-22-15(3)4/h5-8,14-15,17,19-20H,9-13H2,1-4H3. The lowest BCUT2D eigenvalue weighted by Crippen LogP contribution is -2.35. The fourth-order valence-electron chi connectivity index (χ4n) is 1.91. The number of aliphatic hydroxyl groups is 1. The van der Waals surface area contributed by atoms with Crippen LogP contribution in [0.5, 0.6) is 5.75 Å². The molecule has 0 bridgehead atoms. The van der Waals surface area contributed by atoms with Crippen molar-refractivity contribution >= 4 is 0 Å². The average Bonchev–Trinajstić information content (AvgIpc) is 2.51. The van der Waals surface area contributed by atoms with Crippen molar-refractivity contribution in [2.75, 3.05) is 26.4 Å². The highest BCUT2D eigenvalue weighted by Gasteiger charge is 2.08. The van der Waals surface area contributed by atoms with Crippen molar-refractivity contribution in [1.82, 2.24) is 5.32 Å². The number of aliphatic hydroxyl groups excluding tert-OH is 1. The number of para-hydroxylation sites is 1. The first kappa shape index (κ1) is 19.9. The highest BCUT2D eigenvalue weighted by atomic mass is 16.5. The Labute approximate surface area is 139 Å². The quantitative estimate of drug-likeness (QED) is 0.578. The molecule has 1 aromatic rings. The first-order chi connectivity index (χ1) is 11.0. The number of nitrogens with one attached hydrogen (secondary N) is 1. The van der Waals surface area contributed by atoms with E-state index in [4.69, 9.17) is 14.2 Å². The van der Waals surface area contributed by atoms with Crippen LogP contribution in [0.2, 0.25) is 0 Å². The van der Waals surface area contributed by atoms with Crippen LogP contribution in [0.4, 0.5) is 0 Å². The molecule has 2 N–H and O–H groups in total. The van der Waals surface area contributed by atoms with Crippen LogP contribution in [0.1, 0.15) is 33.3 Å². The van der Waals surface area contributed by atoms with E-state index in [0.29, 0.717) is 32.4 Å². The minimum Gasteiger partial charge on any atom is -0.490 e. The van der Waals surface area contributed by atoms with Gasteiger partial charge in [-0.3, -0.25) is 0 Å². The fraction of sp³-hybridized carbons (Fsp3) is 0.667. The second-order valence-electron chi connectivity index (χ2n) is 6.11. The molecule has 0 saturated heterocycles. The molecule has 5 heteroatoms. The van der Waals surface area contributed by atoms with Crippen LogP contribution < -0.4 is 10.1 Å². The molecule has 1 aromatic carbocycles. The molecule has 1 rings (SSSR count). The second kappa shape index (κ2) is 11.4. The molecular formula is C18H31NO4. The van der Waals surface area contributed by atoms with Gasteiger partial charge >= 0.3 is 0 Å². The van der Waals surface area contributed by atoms with Gasteiger partial charge in [-0.05, 0) is 19.9 Å². The zero-order chi connectivity index (χ0) is 17.1. The predicted molar refractivity (Wildman–Crippen MR) is 91.8 cm³/mol. The Morgan fingerprint density at radius 3 is 2.52 bits per heavy atom. The summed E-state index contributed by atoms with van der Waals surface area (Å²) in [4.78, 5) is 0. The van der Waals surface area contributed by atoms with Crippen LogP contribution in [-0.4, -0.2) is 49.7 Å². The van der Waals surface area contributed by atoms with Gasteiger partial charge in [0.05, 0.1) is 25.9 Å². The van der Waals surface area contributed by atoms with Gasteiger partial charge in [-0.1, -0.05) is 32.0 Å². The van der Waals surface area contributed by atoms with Gasteiger partial charge in [-0.2, -0.15) is 0 Å². The lowest BCUT2D eigenvalue weighted by molar-refractivity contribution is 0.0135. The Kier molecular flexibility index (Phi) is 9.87. The lowest BCUT2D eigenvalue weighted by atomic mass is 10.2. The summed E-state index contributed by atoms with van der Waals surface area (Å²) in [5.41, 5.74) is 0.973. The summed E-state index contributed by atoms with van der Waals surface area (Å²) in [7, 11) is 0. The number of ether oxygens (including phenoxy) is 3. The van der Waals surface area contributed by atoms with Crippen molar-refractivity contribution in [3.8, 4) is 5.75 Å². The summed E-state index contributed by atoms with van der Waals surface area (Å²) in [5.74, 6) is 0.751. The molecule has 0 radical (unpaired) electrons. The minimum absolute atomic E-state index is 0.218. The van der Waals surface area contributed by atoms with Crippen molar-refractivity contribution < 1.29 is 19.3 Å². The van der Waals surface area contributed by atoms with E-state index in [1.807, 2.05) is 52.0 Å². The third-order valence-corrected chi connectivity index (χ3v) is 3.10. The zero-order valence-corrected chi connectivity index (χ0v) is 14.7. The van der Waals surface area contributed by atoms with Crippen LogP contribution >= 0.6 is 0 Å². The summed E-state index contributed by atoms with van der Waals surface area (Å²) >= 11 is 0. The topological polar surface area (TPSA) is 60.0 Å². The van der Waals surface area contributed by atoms with Crippen LogP contribution in [0.25, 0.3) is 0 Å². The molecule has 5 nitrogen and oxygen atoms in total. The largest absolute Gasteiger partial charge is 0.490 e. The summed E-state index contributed by atoms with van der Waals surface area (Å²) < 4.78 is 16.8. The van der Waals surface area contributed by atoms with E-state index in [-0.39, 0.29) is 12.7 Å². The summed E-state index contributed by atoms with van der Waals surface area (Å²) in [5, 5.41) is 13.1. The minimum atomic E-state index is -0.536. The molecule has 23 heavy (non-hydrogen) atoms. The first-order valence-electron chi connectivity index (χ1n) is 8.30. The second-order valence-corrected chi connectivity index (χ2v) is 6.11. The van der Waals surface area contributed by atoms with Gasteiger partial charge in [0.15, 0.2) is 0 Å². The van der Waals surface area contributed by atoms with Gasteiger partial charge in [0.1, 0.15) is 18.5 Å². The smallest absolute Gasteiger partial charge is 0.124 e. The molecule has 0 amide bonds. The molecule has 0 aliphatic rings. The molecule has 132 valence electrons. The number of rotatable bonds is 12. The van der Waals surface area contributed by atoms with Crippen molar-refractivity contribution in [1.29, 1.82) is 0 Å². The van der Waals surface area contributed by atoms with Crippen molar-refractivity contribution in [3.63, 3.8) is 0 Å². The maximum atomic E-state index is 9.91. The molecule has 0 aliphatic heterocycles. The molecule has 1 unspecified atom stereocenters. The number of hydrogen-bond donors (Lipinski definition) is 2. The maximum absolute atomic E-state index is 9.91. The van der Waals surface area contributed by atoms with E-state index >= 15 is 0 Å².